The number of carbonyl (C=O) groups excluding carboxylic acids is 1. The largest absolute Gasteiger partial charge is 0.345 e. The van der Waals surface area contributed by atoms with Gasteiger partial charge < -0.3 is 5.32 Å². The van der Waals surface area contributed by atoms with Gasteiger partial charge in [-0.1, -0.05) is 57.0 Å². The fourth-order valence-electron chi connectivity index (χ4n) is 2.33. The molecule has 1 aromatic carbocycles. The van der Waals surface area contributed by atoms with Gasteiger partial charge in [-0.2, -0.15) is 0 Å². The molecule has 0 saturated carbocycles. The quantitative estimate of drug-likeness (QED) is 0.704. The smallest absolute Gasteiger partial charge is 0.223 e. The second-order valence-corrected chi connectivity index (χ2v) is 5.84. The van der Waals surface area contributed by atoms with Crippen LogP contribution < -0.4 is 5.32 Å². The lowest BCUT2D eigenvalue weighted by Gasteiger charge is -2.31. The predicted octanol–water partition coefficient (Wildman–Crippen LogP) is 4.47. The average Bonchev–Trinajstić information content (AvgIpc) is 2.48. The van der Waals surface area contributed by atoms with E-state index >= 15 is 0 Å². The summed E-state index contributed by atoms with van der Waals surface area (Å²) in [4.78, 5) is 12.5. The summed E-state index contributed by atoms with van der Waals surface area (Å²) in [6.45, 7) is 6.21. The minimum absolute atomic E-state index is 0.0844. The Labute approximate surface area is 127 Å². The van der Waals surface area contributed by atoms with Gasteiger partial charge in [0.05, 0.1) is 5.54 Å². The first-order valence-corrected chi connectivity index (χ1v) is 8.04. The molecule has 1 aromatic rings. The van der Waals surface area contributed by atoms with Crippen molar-refractivity contribution in [1.29, 1.82) is 0 Å². The zero-order valence-electron chi connectivity index (χ0n) is 12.8. The number of nitrogens with one attached hydrogen (secondary N) is 1. The van der Waals surface area contributed by atoms with Crippen LogP contribution in [-0.4, -0.2) is 11.8 Å². The number of amides is 1. The molecule has 0 aliphatic heterocycles. The highest BCUT2D eigenvalue weighted by Crippen LogP contribution is 2.24. The van der Waals surface area contributed by atoms with Gasteiger partial charge in [-0.3, -0.25) is 4.79 Å². The van der Waals surface area contributed by atoms with Crippen LogP contribution in [0.2, 0.25) is 0 Å². The minimum atomic E-state index is -0.500. The standard InChI is InChI=1S/C17H26ClNO/c1-4-6-10-14(5-2)16(20)19-17(3,13-18)15-11-8-7-9-12-15/h7-9,11-12,14H,4-6,10,13H2,1-3H3,(H,19,20). The first kappa shape index (κ1) is 17.0. The topological polar surface area (TPSA) is 29.1 Å². The zero-order chi connectivity index (χ0) is 15.0. The van der Waals surface area contributed by atoms with Crippen LogP contribution in [0.15, 0.2) is 30.3 Å². The molecule has 0 bridgehead atoms. The molecule has 0 aliphatic rings. The Bertz CT molecular complexity index is 407. The molecule has 0 fully saturated rings. The van der Waals surface area contributed by atoms with E-state index in [-0.39, 0.29) is 11.8 Å². The van der Waals surface area contributed by atoms with E-state index in [1.165, 1.54) is 0 Å². The van der Waals surface area contributed by atoms with Crippen molar-refractivity contribution in [3.63, 3.8) is 0 Å². The Balaban J connectivity index is 2.79. The molecule has 3 heteroatoms. The average molecular weight is 296 g/mol. The molecule has 20 heavy (non-hydrogen) atoms. The Kier molecular flexibility index (Phi) is 7.08. The fraction of sp³-hybridized carbons (Fsp3) is 0.588. The van der Waals surface area contributed by atoms with Gasteiger partial charge in [0.25, 0.3) is 0 Å². The summed E-state index contributed by atoms with van der Waals surface area (Å²) in [6.07, 6.45) is 4.04. The molecule has 112 valence electrons. The van der Waals surface area contributed by atoms with E-state index in [2.05, 4.69) is 19.2 Å². The molecule has 2 unspecified atom stereocenters. The van der Waals surface area contributed by atoms with E-state index in [4.69, 9.17) is 11.6 Å². The van der Waals surface area contributed by atoms with Crippen LogP contribution >= 0.6 is 11.6 Å². The summed E-state index contributed by atoms with van der Waals surface area (Å²) < 4.78 is 0. The van der Waals surface area contributed by atoms with Gasteiger partial charge in [0.15, 0.2) is 0 Å². The number of unbranched alkanes of at least 4 members (excludes halogenated alkanes) is 1. The van der Waals surface area contributed by atoms with Crippen molar-refractivity contribution < 1.29 is 4.79 Å². The molecule has 2 atom stereocenters. The maximum absolute atomic E-state index is 12.5. The van der Waals surface area contributed by atoms with Crippen LogP contribution in [0.4, 0.5) is 0 Å². The number of benzene rings is 1. The highest BCUT2D eigenvalue weighted by molar-refractivity contribution is 6.18. The van der Waals surface area contributed by atoms with Crippen LogP contribution in [0, 0.1) is 5.92 Å². The number of halogens is 1. The Morgan fingerprint density at radius 3 is 2.45 bits per heavy atom. The molecule has 0 aliphatic carbocycles. The highest BCUT2D eigenvalue weighted by Gasteiger charge is 2.29. The summed E-state index contributed by atoms with van der Waals surface area (Å²) in [5.41, 5.74) is 0.549. The SMILES string of the molecule is CCCCC(CC)C(=O)NC(C)(CCl)c1ccccc1. The number of rotatable bonds is 8. The molecule has 2 nitrogen and oxygen atoms in total. The van der Waals surface area contributed by atoms with Gasteiger partial charge in [0.1, 0.15) is 0 Å². The molecule has 0 spiro atoms. The second-order valence-electron chi connectivity index (χ2n) is 5.57. The minimum Gasteiger partial charge on any atom is -0.345 e. The lowest BCUT2D eigenvalue weighted by molar-refractivity contribution is -0.127. The maximum Gasteiger partial charge on any atom is 0.223 e. The normalized spacial score (nSPS) is 15.4. The second kappa shape index (κ2) is 8.31. The van der Waals surface area contributed by atoms with E-state index in [1.54, 1.807) is 0 Å². The molecule has 0 radical (unpaired) electrons. The van der Waals surface area contributed by atoms with E-state index < -0.39 is 5.54 Å². The van der Waals surface area contributed by atoms with Crippen LogP contribution in [0.3, 0.4) is 0 Å². The fourth-order valence-corrected chi connectivity index (χ4v) is 2.55. The van der Waals surface area contributed by atoms with Gasteiger partial charge in [0.2, 0.25) is 5.91 Å². The summed E-state index contributed by atoms with van der Waals surface area (Å²) in [5.74, 6) is 0.571. The van der Waals surface area contributed by atoms with Crippen molar-refractivity contribution in [1.82, 2.24) is 5.32 Å². The van der Waals surface area contributed by atoms with Gasteiger partial charge in [-0.25, -0.2) is 0 Å². The first-order valence-electron chi connectivity index (χ1n) is 7.51. The lowest BCUT2D eigenvalue weighted by atomic mass is 9.91. The third kappa shape index (κ3) is 4.52. The van der Waals surface area contributed by atoms with Gasteiger partial charge in [-0.05, 0) is 25.3 Å². The molecule has 0 saturated heterocycles. The van der Waals surface area contributed by atoms with E-state index in [0.717, 1.165) is 31.2 Å². The van der Waals surface area contributed by atoms with E-state index in [0.29, 0.717) is 5.88 Å². The number of alkyl halides is 1. The predicted molar refractivity (Wildman–Crippen MR) is 86.0 cm³/mol. The third-order valence-corrected chi connectivity index (χ3v) is 4.38. The Morgan fingerprint density at radius 1 is 1.30 bits per heavy atom. The van der Waals surface area contributed by atoms with E-state index in [9.17, 15) is 4.79 Å². The first-order chi connectivity index (χ1) is 9.57. The lowest BCUT2D eigenvalue weighted by Crippen LogP contribution is -2.47. The molecule has 0 aromatic heterocycles. The molecule has 1 rings (SSSR count). The third-order valence-electron chi connectivity index (χ3n) is 3.85. The zero-order valence-corrected chi connectivity index (χ0v) is 13.5. The molecular weight excluding hydrogens is 270 g/mol. The van der Waals surface area contributed by atoms with E-state index in [1.807, 2.05) is 37.3 Å². The molecular formula is C17H26ClNO. The summed E-state index contributed by atoms with van der Waals surface area (Å²) in [7, 11) is 0. The number of hydrogen-bond donors (Lipinski definition) is 1. The van der Waals surface area contributed by atoms with Crippen molar-refractivity contribution in [2.24, 2.45) is 5.92 Å². The van der Waals surface area contributed by atoms with Crippen LogP contribution in [0.5, 0.6) is 0 Å². The van der Waals surface area contributed by atoms with Gasteiger partial charge in [0, 0.05) is 11.8 Å². The number of carbonyl (C=O) groups is 1. The highest BCUT2D eigenvalue weighted by atomic mass is 35.5. The molecule has 0 heterocycles. The van der Waals surface area contributed by atoms with Crippen LogP contribution in [0.25, 0.3) is 0 Å². The van der Waals surface area contributed by atoms with Crippen LogP contribution in [-0.2, 0) is 10.3 Å². The monoisotopic (exact) mass is 295 g/mol. The maximum atomic E-state index is 12.5. The van der Waals surface area contributed by atoms with Crippen molar-refractivity contribution in [3.05, 3.63) is 35.9 Å². The van der Waals surface area contributed by atoms with Crippen molar-refractivity contribution >= 4 is 17.5 Å². The van der Waals surface area contributed by atoms with Crippen molar-refractivity contribution in [3.8, 4) is 0 Å². The summed E-state index contributed by atoms with van der Waals surface area (Å²) >= 11 is 6.12. The van der Waals surface area contributed by atoms with Crippen molar-refractivity contribution in [2.75, 3.05) is 5.88 Å². The molecule has 1 N–H and O–H groups in total. The van der Waals surface area contributed by atoms with Gasteiger partial charge in [-0.15, -0.1) is 11.6 Å². The Hall–Kier alpha value is -1.02. The summed E-state index contributed by atoms with van der Waals surface area (Å²) in [6, 6.07) is 9.93. The summed E-state index contributed by atoms with van der Waals surface area (Å²) in [5, 5.41) is 3.15. The number of hydrogen-bond acceptors (Lipinski definition) is 1. The van der Waals surface area contributed by atoms with Crippen LogP contribution in [0.1, 0.15) is 52.0 Å². The van der Waals surface area contributed by atoms with Gasteiger partial charge >= 0.3 is 0 Å². The molecule has 1 amide bonds. The van der Waals surface area contributed by atoms with Crippen molar-refractivity contribution in [2.45, 2.75) is 52.0 Å². The Morgan fingerprint density at radius 2 is 1.95 bits per heavy atom.